The van der Waals surface area contributed by atoms with E-state index in [1.54, 1.807) is 24.5 Å². The maximum absolute atomic E-state index is 13.7. The van der Waals surface area contributed by atoms with Gasteiger partial charge in [-0.05, 0) is 54.7 Å². The summed E-state index contributed by atoms with van der Waals surface area (Å²) in [5, 5.41) is 4.75. The second kappa shape index (κ2) is 11.1. The van der Waals surface area contributed by atoms with E-state index in [2.05, 4.69) is 42.1 Å². The second-order valence-corrected chi connectivity index (χ2v) is 8.08. The van der Waals surface area contributed by atoms with Gasteiger partial charge in [0.1, 0.15) is 5.82 Å². The number of nitrogens with one attached hydrogen (secondary N) is 1. The minimum atomic E-state index is -0.295. The van der Waals surface area contributed by atoms with Crippen LogP contribution in [-0.4, -0.2) is 11.4 Å². The van der Waals surface area contributed by atoms with Crippen LogP contribution in [0.2, 0.25) is 0 Å². The van der Waals surface area contributed by atoms with Crippen molar-refractivity contribution in [1.82, 2.24) is 4.98 Å². The zero-order valence-electron chi connectivity index (χ0n) is 19.3. The van der Waals surface area contributed by atoms with Crippen LogP contribution in [0.4, 0.5) is 10.1 Å². The SMILES string of the molecule is Cc1c(NC=O)cccc1C(C)C.Cc1ccc(F)c(C#Cc2cncc3ccccc23)c1. The van der Waals surface area contributed by atoms with Gasteiger partial charge in [0.2, 0.25) is 6.41 Å². The van der Waals surface area contributed by atoms with Crippen LogP contribution in [0.25, 0.3) is 10.8 Å². The number of aromatic nitrogens is 1. The molecule has 4 heteroatoms. The average molecular weight is 439 g/mol. The first-order valence-electron chi connectivity index (χ1n) is 10.8. The van der Waals surface area contributed by atoms with Crippen molar-refractivity contribution in [2.24, 2.45) is 0 Å². The molecule has 0 aliphatic heterocycles. The van der Waals surface area contributed by atoms with Crippen molar-refractivity contribution in [2.45, 2.75) is 33.6 Å². The number of halogens is 1. The molecular weight excluding hydrogens is 411 g/mol. The number of benzene rings is 3. The van der Waals surface area contributed by atoms with Gasteiger partial charge in [-0.1, -0.05) is 68.2 Å². The minimum absolute atomic E-state index is 0.295. The van der Waals surface area contributed by atoms with Crippen molar-refractivity contribution in [1.29, 1.82) is 0 Å². The first-order chi connectivity index (χ1) is 15.9. The number of amides is 1. The number of nitrogens with zero attached hydrogens (tertiary/aromatic N) is 1. The molecule has 0 unspecified atom stereocenters. The van der Waals surface area contributed by atoms with Crippen molar-refractivity contribution in [3.05, 3.63) is 107 Å². The van der Waals surface area contributed by atoms with E-state index in [0.29, 0.717) is 17.9 Å². The Bertz CT molecular complexity index is 1330. The molecule has 0 spiro atoms. The molecule has 1 amide bonds. The molecule has 0 saturated carbocycles. The molecule has 0 aliphatic carbocycles. The zero-order valence-corrected chi connectivity index (χ0v) is 19.3. The summed E-state index contributed by atoms with van der Waals surface area (Å²) in [4.78, 5) is 14.5. The predicted octanol–water partition coefficient (Wildman–Crippen LogP) is 6.77. The van der Waals surface area contributed by atoms with E-state index in [1.165, 1.54) is 11.6 Å². The van der Waals surface area contributed by atoms with E-state index in [0.717, 1.165) is 33.2 Å². The van der Waals surface area contributed by atoms with Crippen LogP contribution < -0.4 is 5.32 Å². The Morgan fingerprint density at radius 1 is 0.939 bits per heavy atom. The van der Waals surface area contributed by atoms with E-state index >= 15 is 0 Å². The van der Waals surface area contributed by atoms with Gasteiger partial charge in [0.15, 0.2) is 0 Å². The molecule has 0 radical (unpaired) electrons. The Kier molecular flexibility index (Phi) is 7.94. The largest absolute Gasteiger partial charge is 0.328 e. The Labute approximate surface area is 194 Å². The van der Waals surface area contributed by atoms with Crippen LogP contribution >= 0.6 is 0 Å². The van der Waals surface area contributed by atoms with Gasteiger partial charge in [-0.3, -0.25) is 9.78 Å². The van der Waals surface area contributed by atoms with Gasteiger partial charge < -0.3 is 5.32 Å². The third-order valence-electron chi connectivity index (χ3n) is 5.33. The van der Waals surface area contributed by atoms with Crippen LogP contribution in [0, 0.1) is 31.5 Å². The molecule has 4 aromatic rings. The number of hydrogen-bond donors (Lipinski definition) is 1. The number of aryl methyl sites for hydroxylation is 1. The molecule has 1 aromatic heterocycles. The number of fused-ring (bicyclic) bond motifs is 1. The molecule has 3 aromatic carbocycles. The third-order valence-corrected chi connectivity index (χ3v) is 5.33. The average Bonchev–Trinajstić information content (AvgIpc) is 2.81. The van der Waals surface area contributed by atoms with Crippen LogP contribution in [0.15, 0.2) is 73.1 Å². The summed E-state index contributed by atoms with van der Waals surface area (Å²) in [7, 11) is 0. The number of anilines is 1. The highest BCUT2D eigenvalue weighted by Crippen LogP contribution is 2.24. The normalized spacial score (nSPS) is 10.1. The third kappa shape index (κ3) is 6.05. The van der Waals surface area contributed by atoms with E-state index < -0.39 is 0 Å². The van der Waals surface area contributed by atoms with Gasteiger partial charge in [-0.25, -0.2) is 4.39 Å². The molecule has 4 rings (SSSR count). The summed E-state index contributed by atoms with van der Waals surface area (Å²) in [6, 6.07) is 18.8. The number of carbonyl (C=O) groups excluding carboxylic acids is 1. The molecule has 0 atom stereocenters. The van der Waals surface area contributed by atoms with Gasteiger partial charge in [0.05, 0.1) is 11.1 Å². The highest BCUT2D eigenvalue weighted by Gasteiger charge is 2.06. The highest BCUT2D eigenvalue weighted by molar-refractivity contribution is 5.87. The van der Waals surface area contributed by atoms with Crippen molar-refractivity contribution in [3.63, 3.8) is 0 Å². The number of rotatable bonds is 3. The van der Waals surface area contributed by atoms with E-state index in [4.69, 9.17) is 0 Å². The van der Waals surface area contributed by atoms with Gasteiger partial charge >= 0.3 is 0 Å². The molecule has 1 heterocycles. The van der Waals surface area contributed by atoms with Crippen LogP contribution in [0.3, 0.4) is 0 Å². The van der Waals surface area contributed by atoms with Gasteiger partial charge in [0.25, 0.3) is 0 Å². The summed E-state index contributed by atoms with van der Waals surface area (Å²) in [5.41, 5.74) is 5.56. The summed E-state index contributed by atoms with van der Waals surface area (Å²) in [5.74, 6) is 6.12. The minimum Gasteiger partial charge on any atom is -0.328 e. The summed E-state index contributed by atoms with van der Waals surface area (Å²) in [6.07, 6.45) is 4.23. The molecule has 0 bridgehead atoms. The molecule has 3 nitrogen and oxygen atoms in total. The van der Waals surface area contributed by atoms with Crippen LogP contribution in [0.5, 0.6) is 0 Å². The van der Waals surface area contributed by atoms with Crippen molar-refractivity contribution >= 4 is 22.9 Å². The Morgan fingerprint density at radius 2 is 1.70 bits per heavy atom. The second-order valence-electron chi connectivity index (χ2n) is 8.08. The summed E-state index contributed by atoms with van der Waals surface area (Å²) < 4.78 is 13.7. The molecule has 33 heavy (non-hydrogen) atoms. The van der Waals surface area contributed by atoms with E-state index in [1.807, 2.05) is 50.2 Å². The lowest BCUT2D eigenvalue weighted by atomic mass is 9.97. The van der Waals surface area contributed by atoms with Crippen molar-refractivity contribution in [3.8, 4) is 11.8 Å². The lowest BCUT2D eigenvalue weighted by Gasteiger charge is -2.12. The molecule has 1 N–H and O–H groups in total. The Balaban J connectivity index is 0.000000205. The standard InChI is InChI=1S/C18H12FN.C11H15NO/c1-13-6-9-18(19)14(10-13)7-8-16-12-20-11-15-4-2-3-5-17(15)16;1-8(2)10-5-4-6-11(9(10)3)12-7-13/h2-6,9-12H,1H3;4-8H,1-3H3,(H,12,13). The lowest BCUT2D eigenvalue weighted by molar-refractivity contribution is -0.105. The lowest BCUT2D eigenvalue weighted by Crippen LogP contribution is -2.00. The quantitative estimate of drug-likeness (QED) is 0.283. The fraction of sp³-hybridized carbons (Fsp3) is 0.172. The summed E-state index contributed by atoms with van der Waals surface area (Å²) >= 11 is 0. The molecule has 0 saturated heterocycles. The number of hydrogen-bond acceptors (Lipinski definition) is 2. The van der Waals surface area contributed by atoms with Gasteiger partial charge in [-0.15, -0.1) is 0 Å². The smallest absolute Gasteiger partial charge is 0.211 e. The van der Waals surface area contributed by atoms with E-state index in [-0.39, 0.29) is 5.82 Å². The molecule has 166 valence electrons. The van der Waals surface area contributed by atoms with Crippen molar-refractivity contribution in [2.75, 3.05) is 5.32 Å². The first kappa shape index (κ1) is 23.7. The molecule has 0 fully saturated rings. The fourth-order valence-corrected chi connectivity index (χ4v) is 3.58. The molecule has 0 aliphatic rings. The maximum atomic E-state index is 13.7. The molecular formula is C29H27FN2O. The first-order valence-corrected chi connectivity index (χ1v) is 10.8. The fourth-order valence-electron chi connectivity index (χ4n) is 3.58. The van der Waals surface area contributed by atoms with Gasteiger partial charge in [-0.2, -0.15) is 0 Å². The van der Waals surface area contributed by atoms with Crippen molar-refractivity contribution < 1.29 is 9.18 Å². The zero-order chi connectivity index (χ0) is 23.8. The van der Waals surface area contributed by atoms with E-state index in [9.17, 15) is 9.18 Å². The Hall–Kier alpha value is -3.97. The van der Waals surface area contributed by atoms with Crippen LogP contribution in [0.1, 0.15) is 47.6 Å². The predicted molar refractivity (Wildman–Crippen MR) is 134 cm³/mol. The number of pyridine rings is 1. The van der Waals surface area contributed by atoms with Gasteiger partial charge in [0, 0.05) is 28.9 Å². The topological polar surface area (TPSA) is 42.0 Å². The number of carbonyl (C=O) groups is 1. The van der Waals surface area contributed by atoms with Crippen LogP contribution in [-0.2, 0) is 4.79 Å². The Morgan fingerprint density at radius 3 is 2.45 bits per heavy atom. The highest BCUT2D eigenvalue weighted by atomic mass is 19.1. The summed E-state index contributed by atoms with van der Waals surface area (Å²) in [6.45, 7) is 8.24. The maximum Gasteiger partial charge on any atom is 0.211 e. The monoisotopic (exact) mass is 438 g/mol.